The first-order valence-corrected chi connectivity index (χ1v) is 10.1. The molecule has 0 aliphatic heterocycles. The summed E-state index contributed by atoms with van der Waals surface area (Å²) >= 11 is 1.47. The quantitative estimate of drug-likeness (QED) is 0.444. The van der Waals surface area contributed by atoms with Crippen molar-refractivity contribution in [1.82, 2.24) is 4.98 Å². The van der Waals surface area contributed by atoms with E-state index in [1.54, 1.807) is 45.6 Å². The summed E-state index contributed by atoms with van der Waals surface area (Å²) in [5.41, 5.74) is 1.59. The molecule has 0 atom stereocenters. The highest BCUT2D eigenvalue weighted by molar-refractivity contribution is 7.13. The number of nitrogens with zero attached hydrogens (tertiary/aromatic N) is 1. The molecule has 158 valence electrons. The molecule has 0 saturated carbocycles. The number of carbonyl (C=O) groups excluding carboxylic acids is 1. The van der Waals surface area contributed by atoms with Crippen molar-refractivity contribution in [2.75, 3.05) is 27.9 Å². The third-order valence-electron chi connectivity index (χ3n) is 4.20. The van der Waals surface area contributed by atoms with Gasteiger partial charge in [-0.25, -0.2) is 4.98 Å². The average molecular weight is 429 g/mol. The van der Waals surface area contributed by atoms with E-state index in [2.05, 4.69) is 4.98 Å². The number of hydrogen-bond donors (Lipinski definition) is 0. The van der Waals surface area contributed by atoms with Crippen molar-refractivity contribution in [3.05, 3.63) is 53.5 Å². The van der Waals surface area contributed by atoms with Crippen LogP contribution in [-0.2, 0) is 16.1 Å². The molecule has 0 amide bonds. The van der Waals surface area contributed by atoms with Gasteiger partial charge < -0.3 is 23.7 Å². The zero-order chi connectivity index (χ0) is 21.3. The number of aromatic nitrogens is 1. The van der Waals surface area contributed by atoms with Gasteiger partial charge in [-0.05, 0) is 42.5 Å². The third kappa shape index (κ3) is 5.64. The van der Waals surface area contributed by atoms with Crippen LogP contribution in [-0.4, -0.2) is 38.9 Å². The monoisotopic (exact) mass is 429 g/mol. The Balaban J connectivity index is 1.47. The Morgan fingerprint density at radius 2 is 1.67 bits per heavy atom. The molecule has 7 nitrogen and oxygen atoms in total. The van der Waals surface area contributed by atoms with E-state index < -0.39 is 0 Å². The molecule has 0 N–H and O–H groups in total. The standard InChI is InChI=1S/C22H23NO6S/c1-25-17-5-7-18(8-6-17)28-11-10-21(24)29-13-16-14-30-22(23-16)15-4-9-19(26-2)20(12-15)27-3/h4-9,12,14H,10-11,13H2,1-3H3. The van der Waals surface area contributed by atoms with Gasteiger partial charge in [-0.3, -0.25) is 4.79 Å². The van der Waals surface area contributed by atoms with Crippen LogP contribution in [0.25, 0.3) is 10.6 Å². The Morgan fingerprint density at radius 3 is 2.37 bits per heavy atom. The second kappa shape index (κ2) is 10.5. The van der Waals surface area contributed by atoms with Gasteiger partial charge in [0, 0.05) is 10.9 Å². The maximum Gasteiger partial charge on any atom is 0.309 e. The molecule has 0 radical (unpaired) electrons. The number of methoxy groups -OCH3 is 3. The molecule has 30 heavy (non-hydrogen) atoms. The molecule has 3 aromatic rings. The maximum absolute atomic E-state index is 12.0. The molecular weight excluding hydrogens is 406 g/mol. The van der Waals surface area contributed by atoms with Gasteiger partial charge in [0.2, 0.25) is 0 Å². The van der Waals surface area contributed by atoms with Crippen LogP contribution < -0.4 is 18.9 Å². The number of rotatable bonds is 10. The normalized spacial score (nSPS) is 10.4. The van der Waals surface area contributed by atoms with Gasteiger partial charge in [-0.15, -0.1) is 11.3 Å². The Kier molecular flexibility index (Phi) is 7.51. The molecule has 0 aliphatic rings. The van der Waals surface area contributed by atoms with Gasteiger partial charge in [0.05, 0.1) is 40.1 Å². The largest absolute Gasteiger partial charge is 0.497 e. The molecule has 1 aromatic heterocycles. The van der Waals surface area contributed by atoms with Crippen molar-refractivity contribution in [2.24, 2.45) is 0 Å². The second-order valence-corrected chi connectivity index (χ2v) is 7.01. The molecule has 8 heteroatoms. The van der Waals surface area contributed by atoms with Crippen molar-refractivity contribution < 1.29 is 28.5 Å². The Labute approximate surface area is 179 Å². The Bertz CT molecular complexity index is 970. The lowest BCUT2D eigenvalue weighted by atomic mass is 10.2. The van der Waals surface area contributed by atoms with Gasteiger partial charge in [0.25, 0.3) is 0 Å². The summed E-state index contributed by atoms with van der Waals surface area (Å²) in [7, 11) is 4.78. The van der Waals surface area contributed by atoms with E-state index in [0.717, 1.165) is 16.3 Å². The lowest BCUT2D eigenvalue weighted by molar-refractivity contribution is -0.145. The first-order chi connectivity index (χ1) is 14.6. The number of esters is 1. The van der Waals surface area contributed by atoms with E-state index in [1.165, 1.54) is 11.3 Å². The van der Waals surface area contributed by atoms with Gasteiger partial charge in [0.15, 0.2) is 11.5 Å². The highest BCUT2D eigenvalue weighted by Crippen LogP contribution is 2.33. The van der Waals surface area contributed by atoms with Crippen molar-refractivity contribution in [3.8, 4) is 33.6 Å². The molecule has 0 unspecified atom stereocenters. The highest BCUT2D eigenvalue weighted by Gasteiger charge is 2.11. The van der Waals surface area contributed by atoms with Crippen LogP contribution in [0.2, 0.25) is 0 Å². The van der Waals surface area contributed by atoms with E-state index >= 15 is 0 Å². The number of carbonyl (C=O) groups is 1. The zero-order valence-corrected chi connectivity index (χ0v) is 17.9. The molecule has 0 aliphatic carbocycles. The first kappa shape index (κ1) is 21.4. The molecule has 0 fully saturated rings. The molecule has 0 bridgehead atoms. The fourth-order valence-corrected chi connectivity index (χ4v) is 3.43. The number of hydrogen-bond acceptors (Lipinski definition) is 8. The minimum absolute atomic E-state index is 0.116. The van der Waals surface area contributed by atoms with E-state index in [1.807, 2.05) is 23.6 Å². The van der Waals surface area contributed by atoms with Crippen LogP contribution in [0, 0.1) is 0 Å². The van der Waals surface area contributed by atoms with Crippen LogP contribution in [0.4, 0.5) is 0 Å². The summed E-state index contributed by atoms with van der Waals surface area (Å²) in [6, 6.07) is 12.8. The fraction of sp³-hybridized carbons (Fsp3) is 0.273. The summed E-state index contributed by atoms with van der Waals surface area (Å²) in [5.74, 6) is 2.36. The van der Waals surface area contributed by atoms with Crippen LogP contribution in [0.5, 0.6) is 23.0 Å². The van der Waals surface area contributed by atoms with Gasteiger partial charge in [-0.2, -0.15) is 0 Å². The van der Waals surface area contributed by atoms with E-state index in [-0.39, 0.29) is 25.6 Å². The molecule has 0 saturated heterocycles. The molecule has 3 rings (SSSR count). The maximum atomic E-state index is 12.0. The lowest BCUT2D eigenvalue weighted by Gasteiger charge is -2.08. The van der Waals surface area contributed by atoms with Crippen LogP contribution >= 0.6 is 11.3 Å². The van der Waals surface area contributed by atoms with Gasteiger partial charge in [-0.1, -0.05) is 0 Å². The minimum Gasteiger partial charge on any atom is -0.497 e. The minimum atomic E-state index is -0.343. The fourth-order valence-electron chi connectivity index (χ4n) is 2.63. The van der Waals surface area contributed by atoms with Crippen molar-refractivity contribution >= 4 is 17.3 Å². The van der Waals surface area contributed by atoms with Crippen molar-refractivity contribution in [3.63, 3.8) is 0 Å². The molecule has 2 aromatic carbocycles. The SMILES string of the molecule is COc1ccc(OCCC(=O)OCc2csc(-c3ccc(OC)c(OC)c3)n2)cc1. The number of ether oxygens (including phenoxy) is 5. The smallest absolute Gasteiger partial charge is 0.309 e. The highest BCUT2D eigenvalue weighted by atomic mass is 32.1. The Hall–Kier alpha value is -3.26. The summed E-state index contributed by atoms with van der Waals surface area (Å²) in [4.78, 5) is 16.5. The number of thiazole rings is 1. The lowest BCUT2D eigenvalue weighted by Crippen LogP contribution is -2.10. The van der Waals surface area contributed by atoms with Gasteiger partial charge in [0.1, 0.15) is 23.1 Å². The number of benzene rings is 2. The average Bonchev–Trinajstić information content (AvgIpc) is 3.26. The predicted molar refractivity (Wildman–Crippen MR) is 114 cm³/mol. The topological polar surface area (TPSA) is 76.1 Å². The molecule has 0 spiro atoms. The summed E-state index contributed by atoms with van der Waals surface area (Å²) in [6.07, 6.45) is 0.151. The summed E-state index contributed by atoms with van der Waals surface area (Å²) in [6.45, 7) is 0.351. The molecule has 1 heterocycles. The predicted octanol–water partition coefficient (Wildman–Crippen LogP) is 4.35. The summed E-state index contributed by atoms with van der Waals surface area (Å²) < 4.78 is 26.5. The third-order valence-corrected chi connectivity index (χ3v) is 5.14. The van der Waals surface area contributed by atoms with Crippen molar-refractivity contribution in [2.45, 2.75) is 13.0 Å². The van der Waals surface area contributed by atoms with Gasteiger partial charge >= 0.3 is 5.97 Å². The Morgan fingerprint density at radius 1 is 0.933 bits per heavy atom. The first-order valence-electron chi connectivity index (χ1n) is 9.22. The van der Waals surface area contributed by atoms with Crippen LogP contribution in [0.3, 0.4) is 0 Å². The van der Waals surface area contributed by atoms with E-state index in [9.17, 15) is 4.79 Å². The van der Waals surface area contributed by atoms with E-state index in [0.29, 0.717) is 22.9 Å². The van der Waals surface area contributed by atoms with Crippen molar-refractivity contribution in [1.29, 1.82) is 0 Å². The molecular formula is C22H23NO6S. The van der Waals surface area contributed by atoms with E-state index in [4.69, 9.17) is 23.7 Å². The zero-order valence-electron chi connectivity index (χ0n) is 17.0. The second-order valence-electron chi connectivity index (χ2n) is 6.15. The summed E-state index contributed by atoms with van der Waals surface area (Å²) in [5, 5.41) is 2.68. The van der Waals surface area contributed by atoms with Crippen LogP contribution in [0.15, 0.2) is 47.8 Å². The van der Waals surface area contributed by atoms with Crippen LogP contribution in [0.1, 0.15) is 12.1 Å².